The van der Waals surface area contributed by atoms with Crippen LogP contribution in [0.2, 0.25) is 0 Å². The third kappa shape index (κ3) is 12.6. The molecule has 0 radical (unpaired) electrons. The Labute approximate surface area is 409 Å². The topological polar surface area (TPSA) is 134 Å². The zero-order valence-corrected chi connectivity index (χ0v) is 41.6. The molecule has 4 aromatic carbocycles. The summed E-state index contributed by atoms with van der Waals surface area (Å²) < 4.78 is 19.0. The van der Waals surface area contributed by atoms with Crippen molar-refractivity contribution in [3.8, 4) is 0 Å². The number of halogens is 4. The van der Waals surface area contributed by atoms with Crippen molar-refractivity contribution < 1.29 is 24.5 Å². The lowest BCUT2D eigenvalue weighted by molar-refractivity contribution is 0.0525. The van der Waals surface area contributed by atoms with E-state index in [1.807, 2.05) is 35.2 Å². The molecule has 10 rings (SSSR count). The molecule has 0 amide bonds. The van der Waals surface area contributed by atoms with Crippen molar-refractivity contribution in [2.75, 3.05) is 13.2 Å². The van der Waals surface area contributed by atoms with Crippen LogP contribution in [0.15, 0.2) is 158 Å². The van der Waals surface area contributed by atoms with E-state index in [2.05, 4.69) is 174 Å². The minimum Gasteiger partial charge on any atom is -0.478 e. The second kappa shape index (κ2) is 22.6. The minimum atomic E-state index is -0.952. The summed E-state index contributed by atoms with van der Waals surface area (Å²) in [5.74, 6) is -1.28. The van der Waals surface area contributed by atoms with E-state index in [1.54, 1.807) is 34.9 Å². The number of nitrogens with zero attached hydrogens (tertiary/aromatic N) is 7. The molecule has 0 atom stereocenters. The summed E-state index contributed by atoms with van der Waals surface area (Å²) in [6.45, 7) is 5.83. The molecule has 0 spiro atoms. The summed E-state index contributed by atoms with van der Waals surface area (Å²) in [7, 11) is 0. The van der Waals surface area contributed by atoms with Crippen molar-refractivity contribution in [3.05, 3.63) is 181 Å². The maximum atomic E-state index is 11.6. The van der Waals surface area contributed by atoms with E-state index in [4.69, 9.17) is 14.9 Å². The molecule has 5 aromatic heterocycles. The van der Waals surface area contributed by atoms with Crippen molar-refractivity contribution in [3.63, 3.8) is 0 Å². The van der Waals surface area contributed by atoms with E-state index in [0.29, 0.717) is 31.8 Å². The van der Waals surface area contributed by atoms with Gasteiger partial charge in [0, 0.05) is 85.1 Å². The van der Waals surface area contributed by atoms with Crippen LogP contribution in [0.3, 0.4) is 0 Å². The molecule has 65 heavy (non-hydrogen) atoms. The number of ether oxygens (including phenoxy) is 1. The van der Waals surface area contributed by atoms with E-state index >= 15 is 0 Å². The molecule has 0 saturated heterocycles. The third-order valence-electron chi connectivity index (χ3n) is 10.5. The number of aliphatic hydroxyl groups is 1. The molecule has 5 heterocycles. The van der Waals surface area contributed by atoms with Crippen LogP contribution in [-0.2, 0) is 43.9 Å². The first-order valence-electron chi connectivity index (χ1n) is 20.7. The van der Waals surface area contributed by atoms with Crippen molar-refractivity contribution in [2.45, 2.75) is 46.1 Å². The lowest BCUT2D eigenvalue weighted by Gasteiger charge is -2.06. The van der Waals surface area contributed by atoms with Gasteiger partial charge in [-0.2, -0.15) is 10.2 Å². The van der Waals surface area contributed by atoms with Crippen molar-refractivity contribution in [2.24, 2.45) is 0 Å². The SMILES string of the molecule is Brc1ccc2c(c1)CC=C2.CCOC(=O)c1cnn(CCn2ccc3ccc(Br)cc32)c1.O=C(O)c1cnn(CCn2ccc3ccc(Br)cc32)c1.OCCn1ccc2ccc(Br)cc21. The molecule has 334 valence electrons. The quantitative estimate of drug-likeness (QED) is 0.123. The monoisotopic (exact) mass is 1130 g/mol. The number of hydrogen-bond acceptors (Lipinski definition) is 6. The normalized spacial score (nSPS) is 11.4. The van der Waals surface area contributed by atoms with Gasteiger partial charge in [0.1, 0.15) is 0 Å². The summed E-state index contributed by atoms with van der Waals surface area (Å²) in [6, 6.07) is 31.1. The molecule has 1 aliphatic rings. The van der Waals surface area contributed by atoms with Crippen LogP contribution in [0.5, 0.6) is 0 Å². The average Bonchev–Trinajstić information content (AvgIpc) is 4.17. The second-order valence-corrected chi connectivity index (χ2v) is 18.5. The van der Waals surface area contributed by atoms with Crippen LogP contribution in [0, 0.1) is 0 Å². The minimum absolute atomic E-state index is 0.177. The molecule has 0 aliphatic heterocycles. The highest BCUT2D eigenvalue weighted by Gasteiger charge is 2.11. The molecule has 2 N–H and O–H groups in total. The predicted molar refractivity (Wildman–Crippen MR) is 270 cm³/mol. The fourth-order valence-electron chi connectivity index (χ4n) is 7.21. The Balaban J connectivity index is 0.000000135. The van der Waals surface area contributed by atoms with E-state index in [9.17, 15) is 9.59 Å². The van der Waals surface area contributed by atoms with E-state index < -0.39 is 5.97 Å². The first-order chi connectivity index (χ1) is 31.5. The lowest BCUT2D eigenvalue weighted by Crippen LogP contribution is -2.07. The highest BCUT2D eigenvalue weighted by Crippen LogP contribution is 2.25. The van der Waals surface area contributed by atoms with Gasteiger partial charge in [0.05, 0.1) is 49.8 Å². The largest absolute Gasteiger partial charge is 0.478 e. The van der Waals surface area contributed by atoms with Crippen LogP contribution < -0.4 is 0 Å². The number of carboxylic acid groups (broad SMARTS) is 1. The maximum absolute atomic E-state index is 11.6. The van der Waals surface area contributed by atoms with Gasteiger partial charge in [0.2, 0.25) is 0 Å². The Bertz CT molecular complexity index is 3090. The predicted octanol–water partition coefficient (Wildman–Crippen LogP) is 11.9. The number of carboxylic acids is 1. The highest BCUT2D eigenvalue weighted by atomic mass is 79.9. The Morgan fingerprint density at radius 1 is 0.615 bits per heavy atom. The molecule has 12 nitrogen and oxygen atoms in total. The molecule has 0 fully saturated rings. The molecule has 0 unspecified atom stereocenters. The highest BCUT2D eigenvalue weighted by molar-refractivity contribution is 9.11. The van der Waals surface area contributed by atoms with Gasteiger partial charge >= 0.3 is 11.9 Å². The van der Waals surface area contributed by atoms with Gasteiger partial charge in [0.25, 0.3) is 0 Å². The Kier molecular flexibility index (Phi) is 16.5. The molecule has 0 bridgehead atoms. The van der Waals surface area contributed by atoms with Crippen molar-refractivity contribution in [1.82, 2.24) is 33.3 Å². The van der Waals surface area contributed by atoms with Crippen LogP contribution in [0.25, 0.3) is 38.8 Å². The number of allylic oxidation sites excluding steroid dienone is 1. The van der Waals surface area contributed by atoms with Gasteiger partial charge in [-0.05, 0) is 107 Å². The summed E-state index contributed by atoms with van der Waals surface area (Å²) in [5, 5.41) is 29.5. The smallest absolute Gasteiger partial charge is 0.341 e. The number of benzene rings is 4. The summed E-state index contributed by atoms with van der Waals surface area (Å²) >= 11 is 13.8. The van der Waals surface area contributed by atoms with Crippen molar-refractivity contribution >= 4 is 114 Å². The number of carbonyl (C=O) groups excluding carboxylic acids is 1. The molecule has 9 aromatic rings. The number of esters is 1. The molecular weight excluding hydrogens is 1090 g/mol. The van der Waals surface area contributed by atoms with E-state index in [-0.39, 0.29) is 18.1 Å². The molecule has 16 heteroatoms. The van der Waals surface area contributed by atoms with Gasteiger partial charge in [-0.15, -0.1) is 0 Å². The third-order valence-corrected chi connectivity index (χ3v) is 12.4. The number of rotatable bonds is 11. The number of aliphatic hydroxyl groups excluding tert-OH is 1. The van der Waals surface area contributed by atoms with Gasteiger partial charge in [-0.1, -0.05) is 100 Å². The van der Waals surface area contributed by atoms with Crippen molar-refractivity contribution in [1.29, 1.82) is 0 Å². The Hall–Kier alpha value is -5.52. The van der Waals surface area contributed by atoms with Crippen LogP contribution in [-0.4, -0.2) is 68.6 Å². The number of aromatic nitrogens is 7. The van der Waals surface area contributed by atoms with Gasteiger partial charge in [-0.3, -0.25) is 9.36 Å². The summed E-state index contributed by atoms with van der Waals surface area (Å²) in [5.41, 5.74) is 6.96. The number of hydrogen-bond donors (Lipinski definition) is 2. The van der Waals surface area contributed by atoms with E-state index in [0.717, 1.165) is 44.0 Å². The first kappa shape index (κ1) is 47.4. The van der Waals surface area contributed by atoms with Crippen LogP contribution >= 0.6 is 63.7 Å². The zero-order valence-electron chi connectivity index (χ0n) is 35.3. The summed E-state index contributed by atoms with van der Waals surface area (Å²) in [6.07, 6.45) is 17.7. The summed E-state index contributed by atoms with van der Waals surface area (Å²) in [4.78, 5) is 22.4. The fraction of sp³-hybridized carbons (Fsp3) is 0.184. The average molecular weight is 1130 g/mol. The number of aryl methyl sites for hydroxylation is 4. The van der Waals surface area contributed by atoms with Gasteiger partial charge in [0.15, 0.2) is 0 Å². The molecular formula is C49H45Br4N7O5. The molecule has 1 aliphatic carbocycles. The number of aromatic carboxylic acids is 1. The Morgan fingerprint density at radius 2 is 1.08 bits per heavy atom. The lowest BCUT2D eigenvalue weighted by atomic mass is 10.1. The number of carbonyl (C=O) groups is 2. The van der Waals surface area contributed by atoms with Gasteiger partial charge in [-0.25, -0.2) is 9.59 Å². The molecule has 0 saturated carbocycles. The maximum Gasteiger partial charge on any atom is 0.341 e. The van der Waals surface area contributed by atoms with E-state index in [1.165, 1.54) is 43.5 Å². The number of fused-ring (bicyclic) bond motifs is 4. The van der Waals surface area contributed by atoms with Gasteiger partial charge < -0.3 is 28.7 Å². The second-order valence-electron chi connectivity index (χ2n) is 14.8. The standard InChI is InChI=1S/C16H16BrN3O2.C14H12BrN3O2.C10H10BrNO.C9H7Br/c1-2-22-16(21)13-10-18-20(11-13)8-7-19-6-5-12-3-4-14(17)9-15(12)19;15-12-2-1-10-3-4-17(13(10)7-12)5-6-18-9-11(8-16-18)14(19)20;11-9-2-1-8-3-4-12(5-6-13)10(8)7-9;10-9-5-4-7-2-1-3-8(7)6-9/h3-6,9-11H,2,7-8H2,1H3;1-4,7-9H,5-6H2,(H,19,20);1-4,7,13H,5-6H2;1-2,4-6H,3H2. The first-order valence-corrected chi connectivity index (χ1v) is 23.9. The Morgan fingerprint density at radius 3 is 1.55 bits per heavy atom. The fourth-order valence-corrected chi connectivity index (χ4v) is 8.67. The van der Waals surface area contributed by atoms with Crippen LogP contribution in [0.1, 0.15) is 38.8 Å². The zero-order chi connectivity index (χ0) is 45.9. The van der Waals surface area contributed by atoms with Crippen LogP contribution in [0.4, 0.5) is 0 Å².